The Labute approximate surface area is 451 Å². The SMILES string of the molecule is C=C/C=C\C(=C/C)c1c(CC(C)(C)COC=C)c2cc(-c3cccc(CCCCC/C=N\NC=O)c3)ccc2n1CC.CC.CC.CC.CC(=O)C#CCN(C)C.CC(C)C(C(N)=O)=[N+](C)C=O.CCCCCC. The van der Waals surface area contributed by atoms with Gasteiger partial charge in [-0.2, -0.15) is 9.68 Å². The molecule has 2 aromatic carbocycles. The normalized spacial score (nSPS) is 10.9. The molecule has 3 rings (SSSR count). The van der Waals surface area contributed by atoms with Crippen LogP contribution < -0.4 is 11.2 Å². The summed E-state index contributed by atoms with van der Waals surface area (Å²) in [6.45, 7) is 40.1. The standard InChI is InChI=1S/C37H47N3O2.C7H12N2O2.C7H11NO.C6H14.3C2H6/c1-7-11-19-30(8-2)36-34(26-37(5,6)27-42-10-4)33-25-32(21-22-35(33)40(36)9-3)31-20-16-18-29(24-31)17-14-12-13-15-23-38-39-28-41;1-5(2)6(7(8)11)9(3)4-10;1-7(9)5-4-6-8(2)3;1-3-5-6-4-2;3*1-2/h7-8,10-11,16,18-25,28H,1,4,9,12-15,17,26-27H2,2-3,5-6H3,(H,39,41);4-5H,1-3H3,(H-,8,11);6H2,1-3H3;3-6H2,1-2H3;3*1-2H3/p+1/b19-11-,30-8+,38-23-;;;;;;. The number of unbranched alkanes of at least 4 members (excludes halogenated alkanes) is 6. The van der Waals surface area contributed by atoms with Crippen LogP contribution >= 0.6 is 0 Å². The molecular formula is C63H103N6O5+. The van der Waals surface area contributed by atoms with Crippen molar-refractivity contribution in [2.75, 3.05) is 34.3 Å². The lowest BCUT2D eigenvalue weighted by molar-refractivity contribution is -0.403. The van der Waals surface area contributed by atoms with E-state index < -0.39 is 5.91 Å². The second-order valence-corrected chi connectivity index (χ2v) is 17.7. The van der Waals surface area contributed by atoms with Gasteiger partial charge in [0.1, 0.15) is 7.05 Å². The highest BCUT2D eigenvalue weighted by atomic mass is 16.5. The zero-order valence-corrected chi connectivity index (χ0v) is 49.8. The van der Waals surface area contributed by atoms with E-state index in [1.807, 2.05) is 72.7 Å². The Bertz CT molecular complexity index is 2210. The first kappa shape index (κ1) is 74.4. The van der Waals surface area contributed by atoms with E-state index in [-0.39, 0.29) is 17.1 Å². The molecule has 1 aromatic heterocycles. The number of hydrogen-bond acceptors (Lipinski definition) is 7. The van der Waals surface area contributed by atoms with E-state index in [2.05, 4.69) is 136 Å². The van der Waals surface area contributed by atoms with Gasteiger partial charge in [0.05, 0.1) is 25.1 Å². The Hall–Kier alpha value is -6.12. The molecule has 0 radical (unpaired) electrons. The average Bonchev–Trinajstić information content (AvgIpc) is 3.69. The number of ether oxygens (including phenoxy) is 1. The van der Waals surface area contributed by atoms with Crippen LogP contribution in [0.4, 0.5) is 0 Å². The van der Waals surface area contributed by atoms with Crippen LogP contribution in [-0.2, 0) is 43.3 Å². The number of aryl methyl sites for hydroxylation is 2. The zero-order chi connectivity index (χ0) is 57.5. The summed E-state index contributed by atoms with van der Waals surface area (Å²) in [7, 11) is 5.33. The van der Waals surface area contributed by atoms with E-state index >= 15 is 0 Å². The Kier molecular flexibility index (Phi) is 48.1. The molecule has 0 atom stereocenters. The van der Waals surface area contributed by atoms with Crippen LogP contribution in [0.3, 0.4) is 0 Å². The van der Waals surface area contributed by atoms with Gasteiger partial charge < -0.3 is 15.0 Å². The number of rotatable bonds is 25. The fraction of sp³-hybridized carbons (Fsp3) is 0.524. The highest BCUT2D eigenvalue weighted by Crippen LogP contribution is 2.38. The van der Waals surface area contributed by atoms with Gasteiger partial charge in [-0.05, 0) is 106 Å². The summed E-state index contributed by atoms with van der Waals surface area (Å²) in [6.07, 6.45) is 24.3. The third-order valence-corrected chi connectivity index (χ3v) is 10.5. The monoisotopic (exact) mass is 1020 g/mol. The van der Waals surface area contributed by atoms with Gasteiger partial charge in [0, 0.05) is 41.9 Å². The van der Waals surface area contributed by atoms with Crippen LogP contribution in [0.25, 0.3) is 27.6 Å². The van der Waals surface area contributed by atoms with Crippen molar-refractivity contribution < 1.29 is 28.5 Å². The first-order chi connectivity index (χ1) is 35.4. The minimum atomic E-state index is -0.547. The van der Waals surface area contributed by atoms with Crippen LogP contribution in [0.2, 0.25) is 0 Å². The maximum absolute atomic E-state index is 10.7. The number of Topliss-reactive ketones (excluding diaryl/α,β-unsaturated/α-hetero) is 1. The largest absolute Gasteiger partial charge is 0.501 e. The number of allylic oxidation sites excluding steroid dienone is 5. The summed E-state index contributed by atoms with van der Waals surface area (Å²) in [5, 5.41) is 5.12. The molecule has 0 spiro atoms. The van der Waals surface area contributed by atoms with Gasteiger partial charge in [-0.25, -0.2) is 4.79 Å². The first-order valence-corrected chi connectivity index (χ1v) is 27.1. The average molecular weight is 1020 g/mol. The fourth-order valence-electron chi connectivity index (χ4n) is 7.28. The Morgan fingerprint density at radius 3 is 2.03 bits per heavy atom. The molecule has 0 saturated heterocycles. The highest BCUT2D eigenvalue weighted by molar-refractivity contribution is 6.37. The molecule has 3 amide bonds. The van der Waals surface area contributed by atoms with Gasteiger partial charge in [-0.15, -0.1) is 0 Å². The van der Waals surface area contributed by atoms with Crippen LogP contribution in [0.5, 0.6) is 0 Å². The van der Waals surface area contributed by atoms with Crippen molar-refractivity contribution >= 4 is 52.9 Å². The van der Waals surface area contributed by atoms with Crippen LogP contribution in [0.1, 0.15) is 172 Å². The maximum atomic E-state index is 10.7. The Morgan fingerprint density at radius 1 is 0.932 bits per heavy atom. The van der Waals surface area contributed by atoms with Crippen LogP contribution in [-0.4, -0.2) is 84.8 Å². The number of hydrogen-bond donors (Lipinski definition) is 2. The number of ketones is 1. The molecule has 0 aliphatic heterocycles. The van der Waals surface area contributed by atoms with Gasteiger partial charge in [-0.1, -0.05) is 189 Å². The van der Waals surface area contributed by atoms with Crippen molar-refractivity contribution in [2.24, 2.45) is 22.2 Å². The van der Waals surface area contributed by atoms with Gasteiger partial charge in [0.15, 0.2) is 0 Å². The molecule has 0 aliphatic carbocycles. The highest BCUT2D eigenvalue weighted by Gasteiger charge is 2.27. The summed E-state index contributed by atoms with van der Waals surface area (Å²) < 4.78 is 9.32. The molecule has 414 valence electrons. The van der Waals surface area contributed by atoms with Gasteiger partial charge in [-0.3, -0.25) is 24.7 Å². The first-order valence-electron chi connectivity index (χ1n) is 27.1. The van der Waals surface area contributed by atoms with E-state index in [4.69, 9.17) is 10.5 Å². The van der Waals surface area contributed by atoms with Crippen molar-refractivity contribution in [2.45, 2.75) is 175 Å². The van der Waals surface area contributed by atoms with E-state index in [1.165, 1.54) is 94.9 Å². The molecule has 3 N–H and O–H groups in total. The number of carbonyl (C=O) groups excluding carboxylic acids is 4. The lowest BCUT2D eigenvalue weighted by Gasteiger charge is -2.25. The third kappa shape index (κ3) is 32.8. The number of nitrogens with two attached hydrogens (primary N) is 1. The minimum absolute atomic E-state index is 0.0253. The summed E-state index contributed by atoms with van der Waals surface area (Å²) in [5.41, 5.74) is 16.5. The summed E-state index contributed by atoms with van der Waals surface area (Å²) >= 11 is 0. The second-order valence-electron chi connectivity index (χ2n) is 17.7. The summed E-state index contributed by atoms with van der Waals surface area (Å²) in [4.78, 5) is 43.4. The van der Waals surface area contributed by atoms with E-state index in [1.54, 1.807) is 20.1 Å². The second kappa shape index (κ2) is 47.9. The fourth-order valence-corrected chi connectivity index (χ4v) is 7.28. The Morgan fingerprint density at radius 2 is 1.55 bits per heavy atom. The molecule has 0 aliphatic rings. The molecule has 0 saturated carbocycles. The summed E-state index contributed by atoms with van der Waals surface area (Å²) in [6, 6.07) is 15.9. The lowest BCUT2D eigenvalue weighted by Crippen LogP contribution is -2.35. The van der Waals surface area contributed by atoms with E-state index in [0.717, 1.165) is 45.1 Å². The Balaban J connectivity index is -0.000000620. The van der Waals surface area contributed by atoms with Crippen LogP contribution in [0.15, 0.2) is 91.3 Å². The molecule has 3 aromatic rings. The molecule has 11 heteroatoms. The summed E-state index contributed by atoms with van der Waals surface area (Å²) in [5.74, 6) is 4.51. The molecule has 11 nitrogen and oxygen atoms in total. The van der Waals surface area contributed by atoms with Crippen molar-refractivity contribution in [1.29, 1.82) is 0 Å². The maximum Gasteiger partial charge on any atom is 0.375 e. The molecule has 0 fully saturated rings. The van der Waals surface area contributed by atoms with E-state index in [9.17, 15) is 19.2 Å². The number of primary amides is 1. The zero-order valence-electron chi connectivity index (χ0n) is 49.8. The number of fused-ring (bicyclic) bond motifs is 1. The minimum Gasteiger partial charge on any atom is -0.501 e. The number of nitrogens with one attached hydrogen (secondary N) is 1. The van der Waals surface area contributed by atoms with Crippen molar-refractivity contribution in [1.82, 2.24) is 14.9 Å². The lowest BCUT2D eigenvalue weighted by atomic mass is 9.84. The predicted octanol–water partition coefficient (Wildman–Crippen LogP) is 14.2. The topological polar surface area (TPSA) is 139 Å². The molecule has 74 heavy (non-hydrogen) atoms. The van der Waals surface area contributed by atoms with Gasteiger partial charge >= 0.3 is 12.3 Å². The van der Waals surface area contributed by atoms with Crippen molar-refractivity contribution in [3.05, 3.63) is 103 Å². The number of benzene rings is 2. The quantitative estimate of drug-likeness (QED) is 0.00997. The number of aromatic nitrogens is 1. The molecule has 0 bridgehead atoms. The van der Waals surface area contributed by atoms with Crippen molar-refractivity contribution in [3.63, 3.8) is 0 Å². The predicted molar refractivity (Wildman–Crippen MR) is 322 cm³/mol. The smallest absolute Gasteiger partial charge is 0.375 e. The molecule has 1 heterocycles. The number of carbonyl (C=O) groups is 4. The van der Waals surface area contributed by atoms with Gasteiger partial charge in [0.25, 0.3) is 5.71 Å². The molecular weight excluding hydrogens is 921 g/mol. The van der Waals surface area contributed by atoms with E-state index in [0.29, 0.717) is 31.7 Å². The number of amides is 3. The molecule has 0 unspecified atom stereocenters. The van der Waals surface area contributed by atoms with Crippen molar-refractivity contribution in [3.8, 4) is 23.0 Å². The number of nitrogens with zero attached hydrogens (tertiary/aromatic N) is 4. The van der Waals surface area contributed by atoms with Gasteiger partial charge in [0.2, 0.25) is 12.2 Å². The third-order valence-electron chi connectivity index (χ3n) is 10.5. The van der Waals surface area contributed by atoms with Crippen LogP contribution in [0, 0.1) is 23.2 Å². The number of hydrazone groups is 1.